The Balaban J connectivity index is 1.76. The van der Waals surface area contributed by atoms with Crippen molar-refractivity contribution < 1.29 is 9.59 Å². The Morgan fingerprint density at radius 2 is 1.55 bits per heavy atom. The molecule has 0 unspecified atom stereocenters. The number of hydrogen-bond acceptors (Lipinski definition) is 3. The predicted molar refractivity (Wildman–Crippen MR) is 78.3 cm³/mol. The Morgan fingerprint density at radius 1 is 1.00 bits per heavy atom. The summed E-state index contributed by atoms with van der Waals surface area (Å²) in [7, 11) is 2.07. The van der Waals surface area contributed by atoms with Gasteiger partial charge in [-0.15, -0.1) is 0 Å². The van der Waals surface area contributed by atoms with Gasteiger partial charge in [0.25, 0.3) is 0 Å². The second kappa shape index (κ2) is 7.07. The topological polar surface area (TPSA) is 43.9 Å². The number of likely N-dealkylation sites (N-methyl/N-ethyl adjacent to an activating group) is 1. The fourth-order valence-corrected chi connectivity index (χ4v) is 3.24. The van der Waals surface area contributed by atoms with E-state index in [9.17, 15) is 9.59 Å². The van der Waals surface area contributed by atoms with Gasteiger partial charge in [0.05, 0.1) is 6.54 Å². The predicted octanol–water partition coefficient (Wildman–Crippen LogP) is 0.942. The lowest BCUT2D eigenvalue weighted by Gasteiger charge is -2.36. The zero-order chi connectivity index (χ0) is 14.5. The van der Waals surface area contributed by atoms with Crippen LogP contribution in [0.1, 0.15) is 39.0 Å². The van der Waals surface area contributed by atoms with E-state index in [1.165, 1.54) is 32.1 Å². The van der Waals surface area contributed by atoms with Crippen LogP contribution in [0.5, 0.6) is 0 Å². The molecule has 1 saturated heterocycles. The molecule has 0 aromatic heterocycles. The molecule has 2 amide bonds. The van der Waals surface area contributed by atoms with Crippen molar-refractivity contribution in [2.45, 2.75) is 45.1 Å². The summed E-state index contributed by atoms with van der Waals surface area (Å²) >= 11 is 0. The number of carbonyl (C=O) groups is 2. The molecule has 1 aliphatic heterocycles. The van der Waals surface area contributed by atoms with Crippen molar-refractivity contribution in [2.24, 2.45) is 0 Å². The van der Waals surface area contributed by atoms with Gasteiger partial charge in [0, 0.05) is 39.1 Å². The molecule has 0 N–H and O–H groups in total. The second-order valence-electron chi connectivity index (χ2n) is 6.09. The van der Waals surface area contributed by atoms with E-state index < -0.39 is 0 Å². The van der Waals surface area contributed by atoms with Crippen LogP contribution in [0.3, 0.4) is 0 Å². The Hall–Kier alpha value is -1.10. The third-order valence-electron chi connectivity index (χ3n) is 4.66. The summed E-state index contributed by atoms with van der Waals surface area (Å²) in [6, 6.07) is 0.575. The van der Waals surface area contributed by atoms with Gasteiger partial charge in [-0.3, -0.25) is 14.5 Å². The van der Waals surface area contributed by atoms with Crippen LogP contribution in [0.15, 0.2) is 0 Å². The van der Waals surface area contributed by atoms with Gasteiger partial charge in [0.2, 0.25) is 11.8 Å². The molecule has 0 radical (unpaired) electrons. The van der Waals surface area contributed by atoms with E-state index in [-0.39, 0.29) is 11.8 Å². The first kappa shape index (κ1) is 15.3. The summed E-state index contributed by atoms with van der Waals surface area (Å²) in [4.78, 5) is 29.5. The van der Waals surface area contributed by atoms with Crippen LogP contribution in [0, 0.1) is 0 Å². The quantitative estimate of drug-likeness (QED) is 0.773. The lowest BCUT2D eigenvalue weighted by atomic mass is 9.94. The smallest absolute Gasteiger partial charge is 0.236 e. The van der Waals surface area contributed by atoms with Crippen molar-refractivity contribution in [3.63, 3.8) is 0 Å². The fourth-order valence-electron chi connectivity index (χ4n) is 3.24. The molecule has 1 heterocycles. The van der Waals surface area contributed by atoms with Crippen LogP contribution in [-0.2, 0) is 9.59 Å². The zero-order valence-corrected chi connectivity index (χ0v) is 12.8. The largest absolute Gasteiger partial charge is 0.339 e. The van der Waals surface area contributed by atoms with Gasteiger partial charge in [0.15, 0.2) is 0 Å². The van der Waals surface area contributed by atoms with Crippen molar-refractivity contribution in [3.05, 3.63) is 0 Å². The van der Waals surface area contributed by atoms with Crippen LogP contribution in [0.2, 0.25) is 0 Å². The monoisotopic (exact) mass is 281 g/mol. The number of nitrogens with zero attached hydrogens (tertiary/aromatic N) is 3. The van der Waals surface area contributed by atoms with E-state index in [2.05, 4.69) is 11.9 Å². The molecule has 0 atom stereocenters. The van der Waals surface area contributed by atoms with Crippen LogP contribution in [0.4, 0.5) is 0 Å². The van der Waals surface area contributed by atoms with E-state index in [0.717, 1.165) is 0 Å². The molecule has 0 bridgehead atoms. The maximum absolute atomic E-state index is 12.3. The normalized spacial score (nSPS) is 21.4. The van der Waals surface area contributed by atoms with Crippen LogP contribution in [0.25, 0.3) is 0 Å². The number of piperazine rings is 1. The van der Waals surface area contributed by atoms with Crippen molar-refractivity contribution in [2.75, 3.05) is 39.8 Å². The molecule has 1 aliphatic carbocycles. The molecule has 2 rings (SSSR count). The molecule has 1 saturated carbocycles. The van der Waals surface area contributed by atoms with Gasteiger partial charge >= 0.3 is 0 Å². The van der Waals surface area contributed by atoms with Crippen molar-refractivity contribution in [1.82, 2.24) is 14.7 Å². The second-order valence-corrected chi connectivity index (χ2v) is 6.09. The van der Waals surface area contributed by atoms with Gasteiger partial charge in [-0.25, -0.2) is 0 Å². The Kier molecular flexibility index (Phi) is 5.40. The maximum Gasteiger partial charge on any atom is 0.236 e. The lowest BCUT2D eigenvalue weighted by Crippen LogP contribution is -2.52. The molecule has 5 heteroatoms. The molecule has 114 valence electrons. The minimum Gasteiger partial charge on any atom is -0.339 e. The van der Waals surface area contributed by atoms with E-state index in [1.54, 1.807) is 6.92 Å². The molecular formula is C15H27N3O2. The molecule has 2 aliphatic rings. The Morgan fingerprint density at radius 3 is 2.10 bits per heavy atom. The van der Waals surface area contributed by atoms with E-state index in [4.69, 9.17) is 0 Å². The maximum atomic E-state index is 12.3. The number of rotatable bonds is 3. The molecule has 5 nitrogen and oxygen atoms in total. The molecular weight excluding hydrogens is 254 g/mol. The first-order chi connectivity index (χ1) is 9.58. The summed E-state index contributed by atoms with van der Waals surface area (Å²) in [5.41, 5.74) is 0. The summed E-state index contributed by atoms with van der Waals surface area (Å²) in [5.74, 6) is 0.317. The highest BCUT2D eigenvalue weighted by molar-refractivity contribution is 5.79. The van der Waals surface area contributed by atoms with Crippen molar-refractivity contribution in [1.29, 1.82) is 0 Å². The molecule has 20 heavy (non-hydrogen) atoms. The zero-order valence-electron chi connectivity index (χ0n) is 12.8. The van der Waals surface area contributed by atoms with Gasteiger partial charge in [0.1, 0.15) is 0 Å². The van der Waals surface area contributed by atoms with Gasteiger partial charge in [-0.2, -0.15) is 0 Å². The minimum atomic E-state index is 0.108. The van der Waals surface area contributed by atoms with Crippen molar-refractivity contribution >= 4 is 11.8 Å². The molecule has 0 aromatic carbocycles. The highest BCUT2D eigenvalue weighted by atomic mass is 16.2. The van der Waals surface area contributed by atoms with Crippen LogP contribution < -0.4 is 0 Å². The van der Waals surface area contributed by atoms with Crippen LogP contribution >= 0.6 is 0 Å². The van der Waals surface area contributed by atoms with Gasteiger partial charge in [-0.1, -0.05) is 19.3 Å². The van der Waals surface area contributed by atoms with Gasteiger partial charge < -0.3 is 9.80 Å². The van der Waals surface area contributed by atoms with E-state index in [0.29, 0.717) is 38.8 Å². The van der Waals surface area contributed by atoms with Crippen molar-refractivity contribution in [3.8, 4) is 0 Å². The summed E-state index contributed by atoms with van der Waals surface area (Å²) < 4.78 is 0. The average molecular weight is 281 g/mol. The standard InChI is InChI=1S/C15H27N3O2/c1-13(19)17-8-10-18(11-9-17)15(20)12-16(2)14-6-4-3-5-7-14/h14H,3-12H2,1-2H3. The van der Waals surface area contributed by atoms with Crippen LogP contribution in [-0.4, -0.2) is 72.3 Å². The molecule has 2 fully saturated rings. The summed E-state index contributed by atoms with van der Waals surface area (Å²) in [6.07, 6.45) is 6.37. The van der Waals surface area contributed by atoms with E-state index >= 15 is 0 Å². The lowest BCUT2D eigenvalue weighted by molar-refractivity contribution is -0.139. The van der Waals surface area contributed by atoms with E-state index in [1.807, 2.05) is 9.80 Å². The fraction of sp³-hybridized carbons (Fsp3) is 0.867. The SMILES string of the molecule is CC(=O)N1CCN(C(=O)CN(C)C2CCCCC2)CC1. The highest BCUT2D eigenvalue weighted by Crippen LogP contribution is 2.21. The first-order valence-electron chi connectivity index (χ1n) is 7.81. The molecule has 0 aromatic rings. The average Bonchev–Trinajstić information content (AvgIpc) is 2.48. The third kappa shape index (κ3) is 3.95. The van der Waals surface area contributed by atoms with Gasteiger partial charge in [-0.05, 0) is 19.9 Å². The number of hydrogen-bond donors (Lipinski definition) is 0. The summed E-state index contributed by atoms with van der Waals surface area (Å²) in [5, 5.41) is 0. The third-order valence-corrected chi connectivity index (χ3v) is 4.66. The Labute approximate surface area is 121 Å². The number of carbonyl (C=O) groups excluding carboxylic acids is 2. The number of amides is 2. The molecule has 0 spiro atoms. The minimum absolute atomic E-state index is 0.108. The summed E-state index contributed by atoms with van der Waals surface area (Å²) in [6.45, 7) is 4.81. The highest BCUT2D eigenvalue weighted by Gasteiger charge is 2.25. The first-order valence-corrected chi connectivity index (χ1v) is 7.81. The Bertz CT molecular complexity index is 345.